The summed E-state index contributed by atoms with van der Waals surface area (Å²) < 4.78 is 0. The number of piperidine rings is 1. The summed E-state index contributed by atoms with van der Waals surface area (Å²) in [5.41, 5.74) is 5.92. The van der Waals surface area contributed by atoms with Gasteiger partial charge in [-0.05, 0) is 18.6 Å². The van der Waals surface area contributed by atoms with Crippen LogP contribution in [0.3, 0.4) is 0 Å². The Bertz CT molecular complexity index is 547. The van der Waals surface area contributed by atoms with Gasteiger partial charge in [-0.2, -0.15) is 0 Å². The predicted octanol–water partition coefficient (Wildman–Crippen LogP) is -0.536. The van der Waals surface area contributed by atoms with Crippen molar-refractivity contribution in [2.75, 3.05) is 19.6 Å². The van der Waals surface area contributed by atoms with Crippen LogP contribution in [0, 0.1) is 5.92 Å². The molecule has 2 heterocycles. The molecule has 0 spiro atoms. The number of nitrogens with zero attached hydrogens (tertiary/aromatic N) is 2. The normalized spacial score (nSPS) is 18.1. The Morgan fingerprint density at radius 2 is 2.23 bits per heavy atom. The van der Waals surface area contributed by atoms with Crippen molar-refractivity contribution in [1.29, 1.82) is 0 Å². The van der Waals surface area contributed by atoms with E-state index in [2.05, 4.69) is 10.3 Å². The van der Waals surface area contributed by atoms with Crippen LogP contribution < -0.4 is 11.1 Å². The zero-order chi connectivity index (χ0) is 15.9. The van der Waals surface area contributed by atoms with Crippen molar-refractivity contribution in [2.45, 2.75) is 19.3 Å². The van der Waals surface area contributed by atoms with E-state index in [-0.39, 0.29) is 24.3 Å². The van der Waals surface area contributed by atoms with Crippen molar-refractivity contribution in [1.82, 2.24) is 15.2 Å². The van der Waals surface area contributed by atoms with Crippen molar-refractivity contribution in [2.24, 2.45) is 11.7 Å². The minimum Gasteiger partial charge on any atom is -0.368 e. The molecule has 7 nitrogen and oxygen atoms in total. The number of carbonyl (C=O) groups excluding carboxylic acids is 3. The molecule has 7 heteroatoms. The zero-order valence-electron chi connectivity index (χ0n) is 12.3. The molecule has 1 saturated heterocycles. The molecule has 1 fully saturated rings. The Kier molecular flexibility index (Phi) is 5.46. The molecule has 3 N–H and O–H groups in total. The molecule has 22 heavy (non-hydrogen) atoms. The van der Waals surface area contributed by atoms with Gasteiger partial charge in [-0.25, -0.2) is 0 Å². The average Bonchev–Trinajstić information content (AvgIpc) is 2.52. The number of primary amides is 1. The fourth-order valence-corrected chi connectivity index (χ4v) is 2.46. The van der Waals surface area contributed by atoms with Gasteiger partial charge in [0.2, 0.25) is 17.7 Å². The van der Waals surface area contributed by atoms with Crippen LogP contribution in [0.25, 0.3) is 0 Å². The number of nitrogens with two attached hydrogens (primary N) is 1. The van der Waals surface area contributed by atoms with Crippen LogP contribution in [0.1, 0.15) is 18.5 Å². The van der Waals surface area contributed by atoms with Gasteiger partial charge in [-0.3, -0.25) is 19.4 Å². The van der Waals surface area contributed by atoms with E-state index in [1.807, 2.05) is 18.2 Å². The topological polar surface area (TPSA) is 105 Å². The van der Waals surface area contributed by atoms with Crippen molar-refractivity contribution in [3.63, 3.8) is 0 Å². The summed E-state index contributed by atoms with van der Waals surface area (Å²) in [6.45, 7) is 0.739. The number of nitrogens with one attached hydrogen (secondary N) is 1. The smallest absolute Gasteiger partial charge is 0.236 e. The van der Waals surface area contributed by atoms with Crippen LogP contribution in [-0.4, -0.2) is 47.2 Å². The highest BCUT2D eigenvalue weighted by atomic mass is 16.2. The number of carbonyl (C=O) groups is 3. The first-order chi connectivity index (χ1) is 10.6. The number of pyridine rings is 1. The highest BCUT2D eigenvalue weighted by Gasteiger charge is 2.29. The van der Waals surface area contributed by atoms with Gasteiger partial charge >= 0.3 is 0 Å². The second kappa shape index (κ2) is 7.53. The summed E-state index contributed by atoms with van der Waals surface area (Å²) in [6, 6.07) is 5.65. The fraction of sp³-hybridized carbons (Fsp3) is 0.467. The van der Waals surface area contributed by atoms with E-state index in [1.165, 1.54) is 0 Å². The molecule has 0 bridgehead atoms. The second-order valence-corrected chi connectivity index (χ2v) is 5.33. The molecule has 0 saturated carbocycles. The molecule has 0 aliphatic carbocycles. The van der Waals surface area contributed by atoms with Crippen LogP contribution in [0.15, 0.2) is 24.4 Å². The monoisotopic (exact) mass is 304 g/mol. The standard InChI is InChI=1S/C15H20N4O3/c16-13(20)9-18-15(22)11-4-5-14(21)19(10-11)8-6-12-3-1-2-7-17-12/h1-3,7,11H,4-6,8-10H2,(H2,16,20)(H,18,22). The van der Waals surface area contributed by atoms with E-state index >= 15 is 0 Å². The lowest BCUT2D eigenvalue weighted by Gasteiger charge is -2.31. The summed E-state index contributed by atoms with van der Waals surface area (Å²) in [6.07, 6.45) is 3.22. The van der Waals surface area contributed by atoms with Gasteiger partial charge in [0.1, 0.15) is 0 Å². The van der Waals surface area contributed by atoms with Gasteiger partial charge in [0.05, 0.1) is 12.5 Å². The van der Waals surface area contributed by atoms with Crippen molar-refractivity contribution >= 4 is 17.7 Å². The van der Waals surface area contributed by atoms with E-state index in [1.54, 1.807) is 11.1 Å². The number of aromatic nitrogens is 1. The van der Waals surface area contributed by atoms with Crippen molar-refractivity contribution in [3.05, 3.63) is 30.1 Å². The van der Waals surface area contributed by atoms with Crippen LogP contribution in [-0.2, 0) is 20.8 Å². The summed E-state index contributed by atoms with van der Waals surface area (Å²) in [4.78, 5) is 40.5. The Balaban J connectivity index is 1.86. The fourth-order valence-electron chi connectivity index (χ4n) is 2.46. The lowest BCUT2D eigenvalue weighted by atomic mass is 9.96. The Hall–Kier alpha value is -2.44. The third-order valence-corrected chi connectivity index (χ3v) is 3.67. The number of likely N-dealkylation sites (tertiary alicyclic amines) is 1. The summed E-state index contributed by atoms with van der Waals surface area (Å²) in [5.74, 6) is -1.04. The van der Waals surface area contributed by atoms with E-state index in [9.17, 15) is 14.4 Å². The number of amides is 3. The molecule has 1 atom stereocenters. The molecule has 0 aromatic carbocycles. The number of hydrogen-bond acceptors (Lipinski definition) is 4. The average molecular weight is 304 g/mol. The predicted molar refractivity (Wildman–Crippen MR) is 79.4 cm³/mol. The maximum atomic E-state index is 12.0. The van der Waals surface area contributed by atoms with Crippen LogP contribution in [0.4, 0.5) is 0 Å². The van der Waals surface area contributed by atoms with E-state index in [0.29, 0.717) is 32.4 Å². The first-order valence-corrected chi connectivity index (χ1v) is 7.30. The first-order valence-electron chi connectivity index (χ1n) is 7.30. The Labute approximate surface area is 128 Å². The van der Waals surface area contributed by atoms with Gasteiger partial charge in [-0.15, -0.1) is 0 Å². The zero-order valence-corrected chi connectivity index (χ0v) is 12.3. The molecule has 1 unspecified atom stereocenters. The third kappa shape index (κ3) is 4.54. The van der Waals surface area contributed by atoms with Crippen LogP contribution >= 0.6 is 0 Å². The maximum Gasteiger partial charge on any atom is 0.236 e. The molecule has 118 valence electrons. The molecule has 1 aromatic heterocycles. The Morgan fingerprint density at radius 1 is 1.41 bits per heavy atom. The summed E-state index contributed by atoms with van der Waals surface area (Å²) in [5, 5.41) is 2.50. The number of rotatable bonds is 6. The summed E-state index contributed by atoms with van der Waals surface area (Å²) >= 11 is 0. The van der Waals surface area contributed by atoms with Gasteiger partial charge in [0.25, 0.3) is 0 Å². The first kappa shape index (κ1) is 15.9. The van der Waals surface area contributed by atoms with Gasteiger partial charge in [0, 0.05) is 37.8 Å². The molecule has 1 aliphatic rings. The van der Waals surface area contributed by atoms with Crippen molar-refractivity contribution in [3.8, 4) is 0 Å². The van der Waals surface area contributed by atoms with Gasteiger partial charge in [-0.1, -0.05) is 6.07 Å². The van der Waals surface area contributed by atoms with E-state index in [4.69, 9.17) is 5.73 Å². The van der Waals surface area contributed by atoms with Gasteiger partial charge < -0.3 is 16.0 Å². The second-order valence-electron chi connectivity index (χ2n) is 5.33. The van der Waals surface area contributed by atoms with Crippen LogP contribution in [0.2, 0.25) is 0 Å². The third-order valence-electron chi connectivity index (χ3n) is 3.67. The van der Waals surface area contributed by atoms with Crippen LogP contribution in [0.5, 0.6) is 0 Å². The molecule has 2 rings (SSSR count). The highest BCUT2D eigenvalue weighted by molar-refractivity contribution is 5.87. The minimum absolute atomic E-state index is 0.0508. The Morgan fingerprint density at radius 3 is 2.91 bits per heavy atom. The minimum atomic E-state index is -0.577. The number of hydrogen-bond donors (Lipinski definition) is 2. The van der Waals surface area contributed by atoms with Crippen molar-refractivity contribution < 1.29 is 14.4 Å². The SMILES string of the molecule is NC(=O)CNC(=O)C1CCC(=O)N(CCc2ccccn2)C1. The summed E-state index contributed by atoms with van der Waals surface area (Å²) in [7, 11) is 0. The highest BCUT2D eigenvalue weighted by Crippen LogP contribution is 2.18. The molecule has 1 aromatic rings. The van der Waals surface area contributed by atoms with E-state index < -0.39 is 5.91 Å². The lowest BCUT2D eigenvalue weighted by Crippen LogP contribution is -2.47. The largest absolute Gasteiger partial charge is 0.368 e. The molecular formula is C15H20N4O3. The van der Waals surface area contributed by atoms with Gasteiger partial charge in [0.15, 0.2) is 0 Å². The van der Waals surface area contributed by atoms with E-state index in [0.717, 1.165) is 5.69 Å². The maximum absolute atomic E-state index is 12.0. The quantitative estimate of drug-likeness (QED) is 0.736. The molecule has 3 amide bonds. The molecular weight excluding hydrogens is 284 g/mol. The molecule has 1 aliphatic heterocycles. The molecule has 0 radical (unpaired) electrons. The lowest BCUT2D eigenvalue weighted by molar-refractivity contribution is -0.138.